The number of fused-ring (bicyclic) bond motifs is 1. The van der Waals surface area contributed by atoms with E-state index in [0.29, 0.717) is 0 Å². The van der Waals surface area contributed by atoms with Crippen molar-refractivity contribution in [2.24, 2.45) is 0 Å². The van der Waals surface area contributed by atoms with Gasteiger partial charge in [-0.2, -0.15) is 0 Å². The predicted octanol–water partition coefficient (Wildman–Crippen LogP) is 1.91. The average molecular weight is 342 g/mol. The summed E-state index contributed by atoms with van der Waals surface area (Å²) in [5, 5.41) is 25.4. The zero-order chi connectivity index (χ0) is 14.1. The second-order valence-electron chi connectivity index (χ2n) is 5.50. The number of halogens is 1. The van der Waals surface area contributed by atoms with Crippen LogP contribution in [0.25, 0.3) is 0 Å². The van der Waals surface area contributed by atoms with E-state index in [1.807, 2.05) is 6.07 Å². The lowest BCUT2D eigenvalue weighted by Crippen LogP contribution is -2.43. The van der Waals surface area contributed by atoms with Gasteiger partial charge in [-0.1, -0.05) is 22.4 Å². The number of anilines is 2. The Hall–Kier alpha value is -0.820. The molecule has 1 aromatic rings. The van der Waals surface area contributed by atoms with Crippen molar-refractivity contribution in [1.82, 2.24) is 4.90 Å². The Bertz CT molecular complexity index is 492. The van der Waals surface area contributed by atoms with E-state index in [1.165, 1.54) is 19.3 Å². The van der Waals surface area contributed by atoms with E-state index in [0.717, 1.165) is 41.0 Å². The van der Waals surface area contributed by atoms with E-state index < -0.39 is 12.5 Å². The Morgan fingerprint density at radius 3 is 2.55 bits per heavy atom. The van der Waals surface area contributed by atoms with Gasteiger partial charge in [0.25, 0.3) is 0 Å². The summed E-state index contributed by atoms with van der Waals surface area (Å²) in [6.45, 7) is 3.11. The van der Waals surface area contributed by atoms with Crippen molar-refractivity contribution >= 4 is 27.3 Å². The Balaban J connectivity index is 1.86. The van der Waals surface area contributed by atoms with E-state index in [2.05, 4.69) is 37.5 Å². The maximum atomic E-state index is 9.78. The van der Waals surface area contributed by atoms with Crippen LogP contribution in [0.5, 0.6) is 0 Å². The number of aliphatic hydroxyl groups excluding tert-OH is 2. The molecule has 2 aliphatic heterocycles. The highest BCUT2D eigenvalue weighted by Crippen LogP contribution is 2.35. The van der Waals surface area contributed by atoms with Crippen LogP contribution in [0.4, 0.5) is 11.4 Å². The van der Waals surface area contributed by atoms with Crippen LogP contribution in [0.15, 0.2) is 16.6 Å². The van der Waals surface area contributed by atoms with Gasteiger partial charge < -0.3 is 20.8 Å². The number of nitrogens with one attached hydrogen (secondary N) is 2. The normalized spacial score (nSPS) is 26.6. The zero-order valence-electron chi connectivity index (χ0n) is 11.3. The Morgan fingerprint density at radius 2 is 1.80 bits per heavy atom. The summed E-state index contributed by atoms with van der Waals surface area (Å²) in [7, 11) is 0. The summed E-state index contributed by atoms with van der Waals surface area (Å²) >= 11 is 3.51. The molecule has 4 N–H and O–H groups in total. The van der Waals surface area contributed by atoms with Crippen LogP contribution in [-0.4, -0.2) is 40.7 Å². The molecule has 1 saturated heterocycles. The molecule has 1 fully saturated rings. The third-order valence-corrected chi connectivity index (χ3v) is 4.38. The smallest absolute Gasteiger partial charge is 0.169 e. The zero-order valence-corrected chi connectivity index (χ0v) is 12.9. The SMILES string of the molecule is OC1Nc2cc(Br)cc(CN3CCCCC3)c2NC1O. The monoisotopic (exact) mass is 341 g/mol. The van der Waals surface area contributed by atoms with Gasteiger partial charge >= 0.3 is 0 Å². The molecule has 0 radical (unpaired) electrons. The fourth-order valence-electron chi connectivity index (χ4n) is 2.90. The minimum Gasteiger partial charge on any atom is -0.369 e. The van der Waals surface area contributed by atoms with Gasteiger partial charge in [0.2, 0.25) is 0 Å². The minimum atomic E-state index is -0.986. The minimum absolute atomic E-state index is 0.823. The van der Waals surface area contributed by atoms with Crippen molar-refractivity contribution in [2.75, 3.05) is 23.7 Å². The summed E-state index contributed by atoms with van der Waals surface area (Å²) in [6, 6.07) is 3.99. The fourth-order valence-corrected chi connectivity index (χ4v) is 3.40. The van der Waals surface area contributed by atoms with Crippen LogP contribution >= 0.6 is 15.9 Å². The maximum absolute atomic E-state index is 9.78. The lowest BCUT2D eigenvalue weighted by atomic mass is 10.1. The van der Waals surface area contributed by atoms with Crippen molar-refractivity contribution in [3.8, 4) is 0 Å². The molecular weight excluding hydrogens is 322 g/mol. The molecule has 6 heteroatoms. The standard InChI is InChI=1S/C14H20BrN3O2/c15-10-6-9(8-18-4-2-1-3-5-18)12-11(7-10)16-13(19)14(20)17-12/h6-7,13-14,16-17,19-20H,1-5,8H2. The number of rotatable bonds is 2. The summed E-state index contributed by atoms with van der Waals surface area (Å²) in [5.74, 6) is 0. The number of hydrogen-bond donors (Lipinski definition) is 4. The first-order chi connectivity index (χ1) is 9.63. The number of nitrogens with zero attached hydrogens (tertiary/aromatic N) is 1. The molecule has 0 aliphatic carbocycles. The Morgan fingerprint density at radius 1 is 1.10 bits per heavy atom. The van der Waals surface area contributed by atoms with E-state index >= 15 is 0 Å². The number of piperidine rings is 1. The van der Waals surface area contributed by atoms with Crippen LogP contribution in [0.1, 0.15) is 24.8 Å². The molecule has 3 rings (SSSR count). The quantitative estimate of drug-likeness (QED) is 0.661. The largest absolute Gasteiger partial charge is 0.369 e. The van der Waals surface area contributed by atoms with E-state index in [9.17, 15) is 10.2 Å². The molecule has 2 aliphatic rings. The van der Waals surface area contributed by atoms with Crippen molar-refractivity contribution in [1.29, 1.82) is 0 Å². The van der Waals surface area contributed by atoms with Gasteiger partial charge in [-0.3, -0.25) is 4.90 Å². The van der Waals surface area contributed by atoms with Crippen LogP contribution in [0, 0.1) is 0 Å². The molecule has 0 spiro atoms. The third kappa shape index (κ3) is 2.93. The summed E-state index contributed by atoms with van der Waals surface area (Å²) in [4.78, 5) is 2.44. The van der Waals surface area contributed by atoms with Gasteiger partial charge in [0.1, 0.15) is 0 Å². The van der Waals surface area contributed by atoms with Gasteiger partial charge in [-0.05, 0) is 43.6 Å². The first-order valence-electron chi connectivity index (χ1n) is 7.07. The molecule has 5 nitrogen and oxygen atoms in total. The second kappa shape index (κ2) is 5.89. The molecule has 20 heavy (non-hydrogen) atoms. The van der Waals surface area contributed by atoms with Gasteiger partial charge in [0, 0.05) is 11.0 Å². The highest BCUT2D eigenvalue weighted by molar-refractivity contribution is 9.10. The first kappa shape index (κ1) is 14.1. The molecule has 1 aromatic carbocycles. The predicted molar refractivity (Wildman–Crippen MR) is 82.5 cm³/mol. The summed E-state index contributed by atoms with van der Waals surface area (Å²) in [6.07, 6.45) is 1.85. The van der Waals surface area contributed by atoms with Crippen molar-refractivity contribution in [3.05, 3.63) is 22.2 Å². The molecule has 0 bridgehead atoms. The van der Waals surface area contributed by atoms with Crippen molar-refractivity contribution in [3.63, 3.8) is 0 Å². The fraction of sp³-hybridized carbons (Fsp3) is 0.571. The third-order valence-electron chi connectivity index (χ3n) is 3.92. The second-order valence-corrected chi connectivity index (χ2v) is 6.42. The molecular formula is C14H20BrN3O2. The molecule has 0 aromatic heterocycles. The van der Waals surface area contributed by atoms with Gasteiger partial charge in [0.15, 0.2) is 12.5 Å². The van der Waals surface area contributed by atoms with Gasteiger partial charge in [-0.15, -0.1) is 0 Å². The molecule has 2 unspecified atom stereocenters. The average Bonchev–Trinajstić information content (AvgIpc) is 2.42. The lowest BCUT2D eigenvalue weighted by Gasteiger charge is -2.33. The summed E-state index contributed by atoms with van der Waals surface area (Å²) in [5.41, 5.74) is 2.84. The van der Waals surface area contributed by atoms with Crippen molar-refractivity contribution in [2.45, 2.75) is 38.3 Å². The van der Waals surface area contributed by atoms with Crippen LogP contribution in [0.3, 0.4) is 0 Å². The first-order valence-corrected chi connectivity index (χ1v) is 7.87. The van der Waals surface area contributed by atoms with Crippen LogP contribution < -0.4 is 10.6 Å². The highest BCUT2D eigenvalue weighted by atomic mass is 79.9. The van der Waals surface area contributed by atoms with Crippen LogP contribution in [0.2, 0.25) is 0 Å². The molecule has 110 valence electrons. The summed E-state index contributed by atoms with van der Waals surface area (Å²) < 4.78 is 0.973. The van der Waals surface area contributed by atoms with Crippen molar-refractivity contribution < 1.29 is 10.2 Å². The topological polar surface area (TPSA) is 67.8 Å². The lowest BCUT2D eigenvalue weighted by molar-refractivity contribution is 0.0526. The number of hydrogen-bond acceptors (Lipinski definition) is 5. The van der Waals surface area contributed by atoms with E-state index in [1.54, 1.807) is 0 Å². The molecule has 0 saturated carbocycles. The molecule has 0 amide bonds. The Labute approximate surface area is 127 Å². The highest BCUT2D eigenvalue weighted by Gasteiger charge is 2.26. The Kier molecular flexibility index (Phi) is 4.16. The van der Waals surface area contributed by atoms with Gasteiger partial charge in [0.05, 0.1) is 11.4 Å². The number of aliphatic hydroxyl groups is 2. The molecule has 2 atom stereocenters. The maximum Gasteiger partial charge on any atom is 0.169 e. The van der Waals surface area contributed by atoms with E-state index in [4.69, 9.17) is 0 Å². The molecule has 2 heterocycles. The van der Waals surface area contributed by atoms with E-state index in [-0.39, 0.29) is 0 Å². The number of likely N-dealkylation sites (tertiary alicyclic amines) is 1. The van der Waals surface area contributed by atoms with Crippen LogP contribution in [-0.2, 0) is 6.54 Å². The number of benzene rings is 1. The van der Waals surface area contributed by atoms with Gasteiger partial charge in [-0.25, -0.2) is 0 Å².